The molecule has 7 heteroatoms. The number of pyridine rings is 2. The fourth-order valence-corrected chi connectivity index (χ4v) is 7.36. The van der Waals surface area contributed by atoms with Crippen molar-refractivity contribution in [2.75, 3.05) is 14.2 Å². The van der Waals surface area contributed by atoms with Crippen LogP contribution in [0.5, 0.6) is 11.8 Å². The second kappa shape index (κ2) is 9.78. The monoisotopic (exact) mass is 580 g/mol. The predicted octanol–water partition coefficient (Wildman–Crippen LogP) is 7.22. The van der Waals surface area contributed by atoms with Crippen LogP contribution in [0.15, 0.2) is 94.7 Å². The molecule has 0 N–H and O–H groups in total. The molecule has 8 rings (SSSR count). The van der Waals surface area contributed by atoms with Crippen LogP contribution in [0.2, 0.25) is 0 Å². The van der Waals surface area contributed by atoms with Crippen LogP contribution in [0, 0.1) is 0 Å². The van der Waals surface area contributed by atoms with Gasteiger partial charge in [-0.25, -0.2) is 9.97 Å². The maximum atomic E-state index is 13.6. The first-order valence-corrected chi connectivity index (χ1v) is 14.8. The number of hydrogen-bond donors (Lipinski definition) is 0. The number of carbonyl (C=O) groups excluding carboxylic acids is 2. The van der Waals surface area contributed by atoms with Crippen molar-refractivity contribution in [3.8, 4) is 11.8 Å². The van der Waals surface area contributed by atoms with Gasteiger partial charge in [-0.15, -0.1) is 0 Å². The molecule has 0 aliphatic heterocycles. The van der Waals surface area contributed by atoms with Crippen molar-refractivity contribution in [1.82, 2.24) is 9.97 Å². The molecule has 2 aliphatic carbocycles. The molecule has 0 saturated carbocycles. The van der Waals surface area contributed by atoms with Gasteiger partial charge in [-0.05, 0) is 47.2 Å². The lowest BCUT2D eigenvalue weighted by atomic mass is 9.84. The number of ether oxygens (including phenoxy) is 2. The molecule has 0 unspecified atom stereocenters. The quantitative estimate of drug-likeness (QED) is 0.217. The molecule has 0 saturated heterocycles. The zero-order chi connectivity index (χ0) is 29.2. The van der Waals surface area contributed by atoms with Crippen molar-refractivity contribution in [1.29, 1.82) is 0 Å². The van der Waals surface area contributed by atoms with Gasteiger partial charge in [0.1, 0.15) is 0 Å². The van der Waals surface area contributed by atoms with E-state index in [0.717, 1.165) is 53.9 Å². The molecule has 0 bridgehead atoms. The highest BCUT2D eigenvalue weighted by Gasteiger charge is 2.28. The Morgan fingerprint density at radius 2 is 1.02 bits per heavy atom. The van der Waals surface area contributed by atoms with Crippen LogP contribution in [0.3, 0.4) is 0 Å². The molecule has 0 radical (unpaired) electrons. The van der Waals surface area contributed by atoms with Gasteiger partial charge in [-0.2, -0.15) is 0 Å². The van der Waals surface area contributed by atoms with E-state index in [0.29, 0.717) is 46.8 Å². The summed E-state index contributed by atoms with van der Waals surface area (Å²) in [4.78, 5) is 38.4. The summed E-state index contributed by atoms with van der Waals surface area (Å²) in [7, 11) is 3.16. The summed E-state index contributed by atoms with van der Waals surface area (Å²) in [6.45, 7) is 0. The molecule has 0 atom stereocenters. The summed E-state index contributed by atoms with van der Waals surface area (Å²) >= 11 is 1.43. The normalized spacial score (nSPS) is 13.3. The second-order valence-corrected chi connectivity index (χ2v) is 11.8. The van der Waals surface area contributed by atoms with E-state index >= 15 is 0 Å². The van der Waals surface area contributed by atoms with E-state index in [4.69, 9.17) is 19.4 Å². The molecular formula is C36H24N2O4S. The van der Waals surface area contributed by atoms with E-state index in [1.807, 2.05) is 84.9 Å². The van der Waals surface area contributed by atoms with Gasteiger partial charge in [0.25, 0.3) is 0 Å². The van der Waals surface area contributed by atoms with Gasteiger partial charge in [0.2, 0.25) is 11.8 Å². The van der Waals surface area contributed by atoms with Crippen molar-refractivity contribution in [3.63, 3.8) is 0 Å². The van der Waals surface area contributed by atoms with Gasteiger partial charge in [-0.3, -0.25) is 9.59 Å². The van der Waals surface area contributed by atoms with Crippen molar-refractivity contribution in [2.45, 2.75) is 22.6 Å². The Hall–Kier alpha value is -5.01. The third-order valence-corrected chi connectivity index (χ3v) is 9.38. The summed E-state index contributed by atoms with van der Waals surface area (Å²) in [6, 6.07) is 27.5. The lowest BCUT2D eigenvalue weighted by Gasteiger charge is -2.21. The average Bonchev–Trinajstić information content (AvgIpc) is 3.04. The number of benzene rings is 4. The van der Waals surface area contributed by atoms with E-state index in [9.17, 15) is 9.59 Å². The van der Waals surface area contributed by atoms with Crippen LogP contribution >= 0.6 is 11.8 Å². The summed E-state index contributed by atoms with van der Waals surface area (Å²) in [5.41, 5.74) is 7.96. The minimum Gasteiger partial charge on any atom is -0.480 e. The van der Waals surface area contributed by atoms with Crippen LogP contribution in [0.4, 0.5) is 0 Å². The SMILES string of the molecule is COc1nc2c3c(ccc2cc1Sc1cc2ccc4c(c2nc1OC)C(=O)c1ccccc1C4)Cc1ccccc1C3=O. The molecule has 6 aromatic rings. The summed E-state index contributed by atoms with van der Waals surface area (Å²) in [5, 5.41) is 1.70. The number of ketones is 2. The van der Waals surface area contributed by atoms with Gasteiger partial charge in [0, 0.05) is 21.9 Å². The first-order chi connectivity index (χ1) is 21.0. The molecule has 2 aliphatic rings. The number of fused-ring (bicyclic) bond motifs is 8. The Morgan fingerprint density at radius 3 is 1.47 bits per heavy atom. The van der Waals surface area contributed by atoms with Crippen LogP contribution in [0.1, 0.15) is 54.1 Å². The lowest BCUT2D eigenvalue weighted by molar-refractivity contribution is 0.102. The Balaban J connectivity index is 1.22. The molecule has 2 aromatic heterocycles. The van der Waals surface area contributed by atoms with Crippen molar-refractivity contribution in [3.05, 3.63) is 129 Å². The third kappa shape index (κ3) is 3.96. The van der Waals surface area contributed by atoms with Crippen LogP contribution in [0.25, 0.3) is 21.8 Å². The van der Waals surface area contributed by atoms with Gasteiger partial charge >= 0.3 is 0 Å². The molecule has 0 spiro atoms. The number of methoxy groups -OCH3 is 2. The Morgan fingerprint density at radius 1 is 0.581 bits per heavy atom. The Bertz CT molecular complexity index is 2030. The number of hydrogen-bond acceptors (Lipinski definition) is 7. The standard InChI is InChI=1S/C36H24N2O4S/c1-41-35-27(17-23-13-11-21-15-19-7-3-5-9-25(19)33(39)29(21)31(23)37-35)43-28-18-24-14-12-22-16-20-8-4-6-10-26(20)34(40)30(22)32(24)38-36(28)42-2/h3-14,17-18H,15-16H2,1-2H3. The lowest BCUT2D eigenvalue weighted by Crippen LogP contribution is -2.16. The average molecular weight is 581 g/mol. The summed E-state index contributed by atoms with van der Waals surface area (Å²) in [6.07, 6.45) is 1.37. The zero-order valence-electron chi connectivity index (χ0n) is 23.4. The van der Waals surface area contributed by atoms with Crippen LogP contribution < -0.4 is 9.47 Å². The van der Waals surface area contributed by atoms with E-state index in [1.54, 1.807) is 14.2 Å². The topological polar surface area (TPSA) is 78.4 Å². The second-order valence-electron chi connectivity index (χ2n) is 10.8. The molecule has 2 heterocycles. The third-order valence-electron chi connectivity index (χ3n) is 8.36. The minimum absolute atomic E-state index is 0.0155. The molecule has 0 fully saturated rings. The fourth-order valence-electron chi connectivity index (χ4n) is 6.32. The maximum Gasteiger partial charge on any atom is 0.228 e. The van der Waals surface area contributed by atoms with Crippen LogP contribution in [-0.4, -0.2) is 35.8 Å². The number of rotatable bonds is 4. The first-order valence-electron chi connectivity index (χ1n) is 14.0. The minimum atomic E-state index is -0.0155. The first kappa shape index (κ1) is 25.7. The van der Waals surface area contributed by atoms with Gasteiger partial charge in [0.15, 0.2) is 11.6 Å². The van der Waals surface area contributed by atoms with E-state index in [1.165, 1.54) is 11.8 Å². The molecule has 208 valence electrons. The number of aromatic nitrogens is 2. The van der Waals surface area contributed by atoms with E-state index in [2.05, 4.69) is 0 Å². The van der Waals surface area contributed by atoms with Gasteiger partial charge in [0.05, 0.1) is 46.2 Å². The molecule has 6 nitrogen and oxygen atoms in total. The van der Waals surface area contributed by atoms with E-state index in [-0.39, 0.29) is 11.6 Å². The highest BCUT2D eigenvalue weighted by Crippen LogP contribution is 2.43. The predicted molar refractivity (Wildman–Crippen MR) is 166 cm³/mol. The van der Waals surface area contributed by atoms with Crippen molar-refractivity contribution < 1.29 is 19.1 Å². The zero-order valence-corrected chi connectivity index (χ0v) is 24.2. The Labute approximate surface area is 251 Å². The fraction of sp³-hybridized carbons (Fsp3) is 0.111. The molecular weight excluding hydrogens is 556 g/mol. The Kier molecular flexibility index (Phi) is 5.84. The highest BCUT2D eigenvalue weighted by molar-refractivity contribution is 7.99. The van der Waals surface area contributed by atoms with Crippen molar-refractivity contribution >= 4 is 45.1 Å². The smallest absolute Gasteiger partial charge is 0.228 e. The largest absolute Gasteiger partial charge is 0.480 e. The molecule has 4 aromatic carbocycles. The van der Waals surface area contributed by atoms with Gasteiger partial charge < -0.3 is 9.47 Å². The molecule has 0 amide bonds. The highest BCUT2D eigenvalue weighted by atomic mass is 32.2. The summed E-state index contributed by atoms with van der Waals surface area (Å²) in [5.74, 6) is 0.797. The summed E-state index contributed by atoms with van der Waals surface area (Å²) < 4.78 is 11.5. The number of carbonyl (C=O) groups is 2. The number of nitrogens with zero attached hydrogens (tertiary/aromatic N) is 2. The van der Waals surface area contributed by atoms with Crippen LogP contribution in [-0.2, 0) is 12.8 Å². The molecule has 43 heavy (non-hydrogen) atoms. The van der Waals surface area contributed by atoms with Gasteiger partial charge in [-0.1, -0.05) is 84.6 Å². The van der Waals surface area contributed by atoms with Crippen molar-refractivity contribution in [2.24, 2.45) is 0 Å². The van der Waals surface area contributed by atoms with E-state index < -0.39 is 0 Å². The maximum absolute atomic E-state index is 13.6.